The Morgan fingerprint density at radius 1 is 1.47 bits per heavy atom. The largest absolute Gasteiger partial charge is 0.387 e. The van der Waals surface area contributed by atoms with E-state index in [1.807, 2.05) is 32.2 Å². The second-order valence-electron chi connectivity index (χ2n) is 4.34. The minimum Gasteiger partial charge on any atom is -0.387 e. The summed E-state index contributed by atoms with van der Waals surface area (Å²) in [5.41, 5.74) is 2.94. The van der Waals surface area contributed by atoms with Crippen LogP contribution < -0.4 is 4.90 Å². The van der Waals surface area contributed by atoms with Crippen LogP contribution in [-0.4, -0.2) is 23.2 Å². The van der Waals surface area contributed by atoms with Crippen LogP contribution in [0.2, 0.25) is 0 Å². The molecule has 0 radical (unpaired) electrons. The summed E-state index contributed by atoms with van der Waals surface area (Å²) in [6.45, 7) is 11.8. The number of nitrogens with zero attached hydrogens (tertiary/aromatic N) is 2. The Morgan fingerprint density at radius 3 is 2.59 bits per heavy atom. The summed E-state index contributed by atoms with van der Waals surface area (Å²) < 4.78 is 0. The number of aliphatic hydroxyl groups is 1. The van der Waals surface area contributed by atoms with E-state index in [9.17, 15) is 5.11 Å². The highest BCUT2D eigenvalue weighted by Gasteiger charge is 2.08. The highest BCUT2D eigenvalue weighted by molar-refractivity contribution is 5.45. The number of hydrogen-bond donors (Lipinski definition) is 1. The number of hydrogen-bond acceptors (Lipinski definition) is 3. The monoisotopic (exact) mass is 234 g/mol. The molecule has 1 aromatic rings. The molecule has 0 spiro atoms. The van der Waals surface area contributed by atoms with Crippen molar-refractivity contribution in [2.24, 2.45) is 0 Å². The van der Waals surface area contributed by atoms with E-state index in [1.54, 1.807) is 0 Å². The third-order valence-corrected chi connectivity index (χ3v) is 2.71. The molecule has 1 heterocycles. The fourth-order valence-electron chi connectivity index (χ4n) is 1.70. The zero-order valence-corrected chi connectivity index (χ0v) is 11.0. The molecule has 0 aliphatic heterocycles. The maximum atomic E-state index is 9.67. The Hall–Kier alpha value is -1.35. The molecule has 0 bridgehead atoms. The maximum absolute atomic E-state index is 9.67. The summed E-state index contributed by atoms with van der Waals surface area (Å²) in [5.74, 6) is 0. The van der Waals surface area contributed by atoms with Crippen LogP contribution in [-0.2, 0) is 0 Å². The minimum atomic E-state index is -0.458. The first-order valence-electron chi connectivity index (χ1n) is 6.11. The quantitative estimate of drug-likeness (QED) is 0.769. The van der Waals surface area contributed by atoms with E-state index < -0.39 is 6.10 Å². The maximum Gasteiger partial charge on any atom is 0.0957 e. The second kappa shape index (κ2) is 6.40. The van der Waals surface area contributed by atoms with Gasteiger partial charge < -0.3 is 10.0 Å². The Morgan fingerprint density at radius 2 is 2.18 bits per heavy atom. The summed E-state index contributed by atoms with van der Waals surface area (Å²) in [6, 6.07) is 3.90. The van der Waals surface area contributed by atoms with Crippen LogP contribution in [0.1, 0.15) is 39.0 Å². The van der Waals surface area contributed by atoms with E-state index in [2.05, 4.69) is 23.4 Å². The molecular formula is C14H22N2O. The average molecular weight is 234 g/mol. The molecule has 1 N–H and O–H groups in total. The van der Waals surface area contributed by atoms with Gasteiger partial charge in [0.25, 0.3) is 0 Å². The number of aromatic nitrogens is 1. The molecule has 0 aliphatic rings. The van der Waals surface area contributed by atoms with E-state index in [0.29, 0.717) is 6.42 Å². The van der Waals surface area contributed by atoms with Gasteiger partial charge in [0.05, 0.1) is 23.7 Å². The summed E-state index contributed by atoms with van der Waals surface area (Å²) in [4.78, 5) is 6.51. The lowest BCUT2D eigenvalue weighted by Crippen LogP contribution is -2.24. The van der Waals surface area contributed by atoms with Crippen LogP contribution in [0.4, 0.5) is 5.69 Å². The van der Waals surface area contributed by atoms with Crippen LogP contribution in [0.3, 0.4) is 0 Å². The van der Waals surface area contributed by atoms with Gasteiger partial charge in [-0.1, -0.05) is 19.1 Å². The zero-order chi connectivity index (χ0) is 12.8. The summed E-state index contributed by atoms with van der Waals surface area (Å²) >= 11 is 0. The number of pyridine rings is 1. The molecule has 1 aromatic heterocycles. The molecular weight excluding hydrogens is 212 g/mol. The van der Waals surface area contributed by atoms with Gasteiger partial charge in [-0.2, -0.15) is 0 Å². The van der Waals surface area contributed by atoms with Crippen LogP contribution in [0.25, 0.3) is 0 Å². The topological polar surface area (TPSA) is 36.4 Å². The number of aliphatic hydroxyl groups excluding tert-OH is 1. The van der Waals surface area contributed by atoms with Gasteiger partial charge in [0.2, 0.25) is 0 Å². The highest BCUT2D eigenvalue weighted by Crippen LogP contribution is 2.18. The molecule has 94 valence electrons. The van der Waals surface area contributed by atoms with Crippen LogP contribution in [0, 0.1) is 0 Å². The van der Waals surface area contributed by atoms with Gasteiger partial charge in [-0.05, 0) is 32.4 Å². The summed E-state index contributed by atoms with van der Waals surface area (Å²) in [7, 11) is 0. The van der Waals surface area contributed by atoms with E-state index in [0.717, 1.165) is 30.0 Å². The molecule has 0 saturated heterocycles. The second-order valence-corrected chi connectivity index (χ2v) is 4.34. The van der Waals surface area contributed by atoms with Crippen molar-refractivity contribution >= 4 is 5.69 Å². The highest BCUT2D eigenvalue weighted by atomic mass is 16.3. The fraction of sp³-hybridized carbons (Fsp3) is 0.500. The lowest BCUT2D eigenvalue weighted by Gasteiger charge is -2.23. The predicted octanol–water partition coefficient (Wildman–Crippen LogP) is 2.93. The number of anilines is 1. The molecule has 1 unspecified atom stereocenters. The lowest BCUT2D eigenvalue weighted by molar-refractivity contribution is 0.169. The Bertz CT molecular complexity index is 359. The van der Waals surface area contributed by atoms with Gasteiger partial charge in [-0.25, -0.2) is 0 Å². The van der Waals surface area contributed by atoms with Crippen molar-refractivity contribution in [2.45, 2.75) is 33.3 Å². The van der Waals surface area contributed by atoms with Gasteiger partial charge in [-0.15, -0.1) is 0 Å². The van der Waals surface area contributed by atoms with Crippen molar-refractivity contribution in [1.29, 1.82) is 0 Å². The smallest absolute Gasteiger partial charge is 0.0957 e. The summed E-state index contributed by atoms with van der Waals surface area (Å²) in [6.07, 6.45) is 2.05. The Kier molecular flexibility index (Phi) is 5.16. The first kappa shape index (κ1) is 13.7. The van der Waals surface area contributed by atoms with Gasteiger partial charge in [0.15, 0.2) is 0 Å². The molecule has 0 fully saturated rings. The van der Waals surface area contributed by atoms with Crippen molar-refractivity contribution in [3.63, 3.8) is 0 Å². The average Bonchev–Trinajstić information content (AvgIpc) is 2.35. The van der Waals surface area contributed by atoms with Gasteiger partial charge in [0, 0.05) is 13.1 Å². The summed E-state index contributed by atoms with van der Waals surface area (Å²) in [5, 5.41) is 9.67. The molecule has 0 amide bonds. The number of likely N-dealkylation sites (N-methyl/N-ethyl adjacent to an activating group) is 1. The third-order valence-electron chi connectivity index (χ3n) is 2.71. The molecule has 0 aromatic carbocycles. The van der Waals surface area contributed by atoms with Gasteiger partial charge >= 0.3 is 0 Å². The molecule has 17 heavy (non-hydrogen) atoms. The van der Waals surface area contributed by atoms with Crippen LogP contribution in [0.15, 0.2) is 30.5 Å². The molecule has 1 rings (SSSR count). The Balaban J connectivity index is 2.81. The van der Waals surface area contributed by atoms with E-state index in [4.69, 9.17) is 0 Å². The Labute approximate surface area is 104 Å². The first-order chi connectivity index (χ1) is 8.08. The normalized spacial score (nSPS) is 12.2. The third kappa shape index (κ3) is 3.86. The van der Waals surface area contributed by atoms with Crippen molar-refractivity contribution in [1.82, 2.24) is 4.98 Å². The molecule has 3 heteroatoms. The molecule has 0 saturated carbocycles. The SMILES string of the molecule is C=C(C)CN(CC)c1ccc(C(O)CC)nc1. The first-order valence-corrected chi connectivity index (χ1v) is 6.11. The minimum absolute atomic E-state index is 0.458. The predicted molar refractivity (Wildman–Crippen MR) is 72.2 cm³/mol. The van der Waals surface area contributed by atoms with Crippen LogP contribution >= 0.6 is 0 Å². The van der Waals surface area contributed by atoms with E-state index in [1.165, 1.54) is 0 Å². The molecule has 1 atom stereocenters. The van der Waals surface area contributed by atoms with Crippen molar-refractivity contribution in [3.05, 3.63) is 36.2 Å². The number of rotatable bonds is 6. The van der Waals surface area contributed by atoms with Crippen molar-refractivity contribution in [3.8, 4) is 0 Å². The van der Waals surface area contributed by atoms with Gasteiger partial charge in [-0.3, -0.25) is 4.98 Å². The van der Waals surface area contributed by atoms with E-state index in [-0.39, 0.29) is 0 Å². The lowest BCUT2D eigenvalue weighted by atomic mass is 10.2. The molecule has 0 aliphatic carbocycles. The van der Waals surface area contributed by atoms with E-state index >= 15 is 0 Å². The van der Waals surface area contributed by atoms with Crippen molar-refractivity contribution in [2.75, 3.05) is 18.0 Å². The molecule has 3 nitrogen and oxygen atoms in total. The zero-order valence-electron chi connectivity index (χ0n) is 11.0. The van der Waals surface area contributed by atoms with Crippen molar-refractivity contribution < 1.29 is 5.11 Å². The van der Waals surface area contributed by atoms with Crippen LogP contribution in [0.5, 0.6) is 0 Å². The standard InChI is InChI=1S/C14H22N2O/c1-5-14(17)13-8-7-12(9-15-13)16(6-2)10-11(3)4/h7-9,14,17H,3,5-6,10H2,1-2,4H3. The fourth-order valence-corrected chi connectivity index (χ4v) is 1.70. The van der Waals surface area contributed by atoms with Gasteiger partial charge in [0.1, 0.15) is 0 Å².